The molecule has 3 atom stereocenters. The summed E-state index contributed by atoms with van der Waals surface area (Å²) in [4.78, 5) is 5.36. The van der Waals surface area contributed by atoms with E-state index in [1.807, 2.05) is 0 Å². The number of aryl methyl sites for hydroxylation is 1. The molecule has 4 heteroatoms. The van der Waals surface area contributed by atoms with Gasteiger partial charge in [-0.1, -0.05) is 120 Å². The quantitative estimate of drug-likeness (QED) is 0.160. The molecule has 1 aromatic heterocycles. The molecular formula is C59H69BN2S. The lowest BCUT2D eigenvalue weighted by Gasteiger charge is -2.47. The van der Waals surface area contributed by atoms with Crippen molar-refractivity contribution in [2.24, 2.45) is 5.92 Å². The van der Waals surface area contributed by atoms with Crippen LogP contribution in [0.3, 0.4) is 0 Å². The van der Waals surface area contributed by atoms with Gasteiger partial charge in [0.1, 0.15) is 0 Å². The van der Waals surface area contributed by atoms with Crippen LogP contribution < -0.4 is 25.5 Å². The van der Waals surface area contributed by atoms with E-state index in [0.717, 1.165) is 5.92 Å². The molecule has 0 radical (unpaired) electrons. The zero-order valence-corrected chi connectivity index (χ0v) is 41.4. The van der Waals surface area contributed by atoms with Gasteiger partial charge in [-0.05, 0) is 189 Å². The van der Waals surface area contributed by atoms with Crippen molar-refractivity contribution in [2.45, 2.75) is 168 Å². The molecule has 0 spiro atoms. The van der Waals surface area contributed by atoms with E-state index >= 15 is 0 Å². The lowest BCUT2D eigenvalue weighted by atomic mass is 9.35. The van der Waals surface area contributed by atoms with Crippen LogP contribution in [0.5, 0.6) is 0 Å². The average Bonchev–Trinajstić information content (AvgIpc) is 3.41. The summed E-state index contributed by atoms with van der Waals surface area (Å²) >= 11 is 2.10. The minimum absolute atomic E-state index is 0.0738. The minimum atomic E-state index is 0.0738. The van der Waals surface area contributed by atoms with Gasteiger partial charge in [0.2, 0.25) is 0 Å². The van der Waals surface area contributed by atoms with E-state index in [4.69, 9.17) is 0 Å². The molecule has 3 aliphatic carbocycles. The molecule has 11 rings (SSSR count). The Balaban J connectivity index is 1.25. The van der Waals surface area contributed by atoms with Crippen LogP contribution in [0.4, 0.5) is 34.1 Å². The lowest BCUT2D eigenvalue weighted by Crippen LogP contribution is -2.61. The summed E-state index contributed by atoms with van der Waals surface area (Å²) in [5.74, 6) is 1.33. The van der Waals surface area contributed by atoms with E-state index in [9.17, 15) is 0 Å². The molecule has 1 saturated carbocycles. The van der Waals surface area contributed by atoms with Gasteiger partial charge in [0.05, 0.1) is 5.69 Å². The monoisotopic (exact) mass is 849 g/mol. The van der Waals surface area contributed by atoms with Crippen LogP contribution in [0.2, 0.25) is 0 Å². The van der Waals surface area contributed by atoms with Gasteiger partial charge in [0.25, 0.3) is 6.71 Å². The number of hydrogen-bond acceptors (Lipinski definition) is 3. The van der Waals surface area contributed by atoms with Crippen molar-refractivity contribution in [3.8, 4) is 0 Å². The SMILES string of the molecule is Cc1cc2c3c(c1)N(c1ccc(C(C)(C)C)cc1)c1c(sc4cc5c(cc14)C(C)C1CCCC5(C)CC1)B3c1cc3c(cc1N2c1ccc(C(C)(C)C)cc1)C(C)(C)CCC3(C)C. The van der Waals surface area contributed by atoms with Crippen molar-refractivity contribution in [3.05, 3.63) is 124 Å². The third-order valence-corrected chi connectivity index (χ3v) is 18.4. The van der Waals surface area contributed by atoms with Crippen LogP contribution in [-0.4, -0.2) is 6.71 Å². The molecule has 2 bridgehead atoms. The maximum atomic E-state index is 2.72. The number of rotatable bonds is 2. The Morgan fingerprint density at radius 1 is 0.619 bits per heavy atom. The summed E-state index contributed by atoms with van der Waals surface area (Å²) in [6, 6.07) is 35.0. The molecule has 5 aliphatic rings. The van der Waals surface area contributed by atoms with Crippen LogP contribution in [-0.2, 0) is 27.1 Å². The molecule has 2 aliphatic heterocycles. The largest absolute Gasteiger partial charge is 0.311 e. The van der Waals surface area contributed by atoms with Gasteiger partial charge in [-0.2, -0.15) is 0 Å². The molecule has 3 unspecified atom stereocenters. The van der Waals surface area contributed by atoms with Gasteiger partial charge in [-0.15, -0.1) is 11.3 Å². The molecule has 3 heterocycles. The van der Waals surface area contributed by atoms with E-state index in [1.54, 1.807) is 16.7 Å². The molecule has 6 aromatic rings. The number of nitrogens with zero attached hydrogens (tertiary/aromatic N) is 2. The van der Waals surface area contributed by atoms with Crippen molar-refractivity contribution in [2.75, 3.05) is 9.80 Å². The fourth-order valence-corrected chi connectivity index (χ4v) is 14.3. The Morgan fingerprint density at radius 3 is 1.79 bits per heavy atom. The van der Waals surface area contributed by atoms with Gasteiger partial charge < -0.3 is 9.80 Å². The summed E-state index contributed by atoms with van der Waals surface area (Å²) in [6.07, 6.45) is 9.08. The number of fused-ring (bicyclic) bond motifs is 12. The third-order valence-electron chi connectivity index (χ3n) is 17.2. The molecule has 2 nitrogen and oxygen atoms in total. The molecule has 1 fully saturated rings. The summed E-state index contributed by atoms with van der Waals surface area (Å²) < 4.78 is 2.96. The molecule has 63 heavy (non-hydrogen) atoms. The molecule has 0 N–H and O–H groups in total. The van der Waals surface area contributed by atoms with Crippen LogP contribution in [0.15, 0.2) is 84.9 Å². The topological polar surface area (TPSA) is 6.48 Å². The van der Waals surface area contributed by atoms with Crippen molar-refractivity contribution < 1.29 is 0 Å². The van der Waals surface area contributed by atoms with Gasteiger partial charge in [0.15, 0.2) is 0 Å². The summed E-state index contributed by atoms with van der Waals surface area (Å²) in [5, 5.41) is 1.44. The second-order valence-electron chi connectivity index (χ2n) is 24.4. The van der Waals surface area contributed by atoms with E-state index < -0.39 is 0 Å². The Hall–Kier alpha value is -4.28. The van der Waals surface area contributed by atoms with E-state index in [-0.39, 0.29) is 33.8 Å². The first-order valence-corrected chi connectivity index (χ1v) is 25.2. The zero-order valence-electron chi connectivity index (χ0n) is 40.6. The van der Waals surface area contributed by atoms with Crippen LogP contribution in [0.25, 0.3) is 10.1 Å². The molecular weight excluding hydrogens is 780 g/mol. The summed E-state index contributed by atoms with van der Waals surface area (Å²) in [5.41, 5.74) is 21.8. The van der Waals surface area contributed by atoms with Gasteiger partial charge in [-0.25, -0.2) is 0 Å². The summed E-state index contributed by atoms with van der Waals surface area (Å²) in [6.45, 7) is 31.6. The highest BCUT2D eigenvalue weighted by Crippen LogP contribution is 2.55. The second kappa shape index (κ2) is 13.6. The number of hydrogen-bond donors (Lipinski definition) is 0. The zero-order chi connectivity index (χ0) is 44.3. The molecule has 0 amide bonds. The van der Waals surface area contributed by atoms with Crippen LogP contribution in [0, 0.1) is 12.8 Å². The Bertz CT molecular complexity index is 2840. The number of anilines is 6. The maximum Gasteiger partial charge on any atom is 0.264 e. The molecule has 0 saturated heterocycles. The Morgan fingerprint density at radius 2 is 1.19 bits per heavy atom. The Labute approximate surface area is 383 Å². The van der Waals surface area contributed by atoms with E-state index in [2.05, 4.69) is 196 Å². The van der Waals surface area contributed by atoms with Crippen molar-refractivity contribution in [3.63, 3.8) is 0 Å². The van der Waals surface area contributed by atoms with Gasteiger partial charge in [0, 0.05) is 43.3 Å². The number of thiophene rings is 1. The van der Waals surface area contributed by atoms with Gasteiger partial charge in [-0.3, -0.25) is 0 Å². The van der Waals surface area contributed by atoms with Crippen molar-refractivity contribution in [1.82, 2.24) is 0 Å². The fraction of sp³-hybridized carbons (Fsp3) is 0.458. The fourth-order valence-electron chi connectivity index (χ4n) is 13.0. The normalized spacial score (nSPS) is 23.1. The highest BCUT2D eigenvalue weighted by Gasteiger charge is 2.49. The highest BCUT2D eigenvalue weighted by molar-refractivity contribution is 7.33. The first-order valence-electron chi connectivity index (χ1n) is 24.4. The smallest absolute Gasteiger partial charge is 0.264 e. The first-order chi connectivity index (χ1) is 29.6. The predicted octanol–water partition coefficient (Wildman–Crippen LogP) is 15.2. The van der Waals surface area contributed by atoms with Gasteiger partial charge >= 0.3 is 0 Å². The van der Waals surface area contributed by atoms with Crippen LogP contribution >= 0.6 is 11.3 Å². The number of benzene rings is 5. The first kappa shape index (κ1) is 41.4. The van der Waals surface area contributed by atoms with E-state index in [0.29, 0.717) is 5.92 Å². The highest BCUT2D eigenvalue weighted by atomic mass is 32.1. The third kappa shape index (κ3) is 6.22. The maximum absolute atomic E-state index is 2.72. The lowest BCUT2D eigenvalue weighted by molar-refractivity contribution is 0.332. The van der Waals surface area contributed by atoms with Crippen LogP contribution in [0.1, 0.15) is 173 Å². The van der Waals surface area contributed by atoms with E-state index in [1.165, 1.54) is 127 Å². The Kier molecular flexibility index (Phi) is 8.97. The average molecular weight is 849 g/mol. The molecule has 5 aromatic carbocycles. The van der Waals surface area contributed by atoms with Crippen molar-refractivity contribution in [1.29, 1.82) is 0 Å². The second-order valence-corrected chi connectivity index (χ2v) is 25.5. The predicted molar refractivity (Wildman–Crippen MR) is 276 cm³/mol. The summed E-state index contributed by atoms with van der Waals surface area (Å²) in [7, 11) is 0. The molecule has 324 valence electrons. The standard InChI is InChI=1S/C59H69BN2S/c1-35-29-49-52-50(30-35)62(41-22-18-39(19-23-41)56(6,7)8)53-43-31-42-36(2)37-15-14-25-59(13,26-24-37)44(42)34-51(43)63-54(53)60(52)47-32-45-46(58(11,12)28-27-57(45,9)10)33-48(47)61(49)40-20-16-38(17-21-40)55(3,4)5/h16-23,29-34,36-37H,14-15,24-28H2,1-13H3. The van der Waals surface area contributed by atoms with Crippen molar-refractivity contribution >= 4 is 78.0 Å². The minimum Gasteiger partial charge on any atom is -0.311 e.